The minimum atomic E-state index is -3.28. The van der Waals surface area contributed by atoms with E-state index in [0.717, 1.165) is 0 Å². The van der Waals surface area contributed by atoms with Gasteiger partial charge in [-0.15, -0.1) is 11.6 Å². The van der Waals surface area contributed by atoms with Gasteiger partial charge in [0.1, 0.15) is 0 Å². The largest absolute Gasteiger partial charge is 0.379 e. The fraction of sp³-hybridized carbons (Fsp3) is 0.500. The van der Waals surface area contributed by atoms with Crippen molar-refractivity contribution in [3.05, 3.63) is 23.9 Å². The monoisotopic (exact) mass is 263 g/mol. The highest BCUT2D eigenvalue weighted by Crippen LogP contribution is 2.45. The van der Waals surface area contributed by atoms with Crippen LogP contribution < -0.4 is 5.44 Å². The maximum atomic E-state index is 12.3. The van der Waals surface area contributed by atoms with Gasteiger partial charge in [0, 0.05) is 0 Å². The van der Waals surface area contributed by atoms with Crippen molar-refractivity contribution in [3.63, 3.8) is 0 Å². The molecule has 0 N–H and O–H groups in total. The highest BCUT2D eigenvalue weighted by molar-refractivity contribution is 7.61. The van der Waals surface area contributed by atoms with Crippen molar-refractivity contribution < 1.29 is 13.6 Å². The van der Waals surface area contributed by atoms with E-state index in [-0.39, 0.29) is 5.88 Å². The Morgan fingerprint density at radius 3 is 2.44 bits per heavy atom. The molecule has 0 atom stereocenters. The minimum Gasteiger partial charge on any atom is -0.304 e. The average Bonchev–Trinajstić information content (AvgIpc) is 2.30. The summed E-state index contributed by atoms with van der Waals surface area (Å²) in [6.45, 7) is 4.14. The van der Waals surface area contributed by atoms with Crippen molar-refractivity contribution in [2.45, 2.75) is 19.7 Å². The van der Waals surface area contributed by atoms with E-state index in [4.69, 9.17) is 20.6 Å². The molecule has 1 aromatic rings. The molecule has 0 aromatic carbocycles. The molecule has 1 aromatic heterocycles. The molecule has 0 aliphatic carbocycles. The van der Waals surface area contributed by atoms with Crippen molar-refractivity contribution in [2.24, 2.45) is 0 Å². The predicted molar refractivity (Wildman–Crippen MR) is 64.3 cm³/mol. The van der Waals surface area contributed by atoms with Gasteiger partial charge in [-0.05, 0) is 26.0 Å². The molecule has 90 valence electrons. The Kier molecular flexibility index (Phi) is 5.42. The lowest BCUT2D eigenvalue weighted by Crippen LogP contribution is -2.15. The Hall–Kier alpha value is -0.410. The minimum absolute atomic E-state index is 0.270. The zero-order chi connectivity index (χ0) is 12.0. The van der Waals surface area contributed by atoms with Crippen LogP contribution in [0.5, 0.6) is 0 Å². The van der Waals surface area contributed by atoms with Gasteiger partial charge in [0.2, 0.25) is 0 Å². The van der Waals surface area contributed by atoms with Crippen molar-refractivity contribution in [3.8, 4) is 0 Å². The second kappa shape index (κ2) is 6.36. The maximum Gasteiger partial charge on any atom is 0.379 e. The van der Waals surface area contributed by atoms with Crippen molar-refractivity contribution >= 4 is 24.6 Å². The zero-order valence-corrected chi connectivity index (χ0v) is 11.0. The van der Waals surface area contributed by atoms with Crippen LogP contribution in [0.1, 0.15) is 19.5 Å². The lowest BCUT2D eigenvalue weighted by Gasteiger charge is -2.16. The predicted octanol–water partition coefficient (Wildman–Crippen LogP) is 2.71. The standard InChI is InChI=1S/C10H15ClNO3P/c1-3-14-16(13,15-4-2)10-7-5-6-9(8-11)12-10/h5-7H,3-4,8H2,1-2H3. The fourth-order valence-electron chi connectivity index (χ4n) is 1.20. The molecule has 4 nitrogen and oxygen atoms in total. The molecule has 0 unspecified atom stereocenters. The van der Waals surface area contributed by atoms with E-state index in [1.165, 1.54) is 0 Å². The summed E-state index contributed by atoms with van der Waals surface area (Å²) in [6, 6.07) is 5.13. The van der Waals surface area contributed by atoms with Gasteiger partial charge >= 0.3 is 7.60 Å². The second-order valence-corrected chi connectivity index (χ2v) is 5.19. The third-order valence-corrected chi connectivity index (χ3v) is 4.09. The summed E-state index contributed by atoms with van der Waals surface area (Å²) in [4.78, 5) is 4.16. The smallest absolute Gasteiger partial charge is 0.304 e. The molecule has 0 spiro atoms. The number of aromatic nitrogens is 1. The van der Waals surface area contributed by atoms with Crippen LogP contribution in [-0.4, -0.2) is 18.2 Å². The summed E-state index contributed by atoms with van der Waals surface area (Å²) in [5.74, 6) is 0.270. The molecule has 1 rings (SSSR count). The van der Waals surface area contributed by atoms with Crippen molar-refractivity contribution in [1.82, 2.24) is 4.98 Å². The molecular weight excluding hydrogens is 249 g/mol. The highest BCUT2D eigenvalue weighted by Gasteiger charge is 2.28. The molecule has 0 radical (unpaired) electrons. The Morgan fingerprint density at radius 1 is 1.31 bits per heavy atom. The zero-order valence-electron chi connectivity index (χ0n) is 9.35. The molecule has 16 heavy (non-hydrogen) atoms. The Bertz CT molecular complexity index is 376. The fourth-order valence-corrected chi connectivity index (χ4v) is 2.89. The van der Waals surface area contributed by atoms with E-state index in [0.29, 0.717) is 24.3 Å². The Balaban J connectivity index is 3.05. The number of hydrogen-bond donors (Lipinski definition) is 0. The molecule has 0 amide bonds. The summed E-state index contributed by atoms with van der Waals surface area (Å²) in [6.07, 6.45) is 0. The molecule has 0 bridgehead atoms. The molecule has 0 fully saturated rings. The first-order valence-electron chi connectivity index (χ1n) is 5.07. The summed E-state index contributed by atoms with van der Waals surface area (Å²) >= 11 is 5.67. The molecule has 1 heterocycles. The summed E-state index contributed by atoms with van der Waals surface area (Å²) < 4.78 is 22.7. The van der Waals surface area contributed by atoms with Gasteiger partial charge in [-0.3, -0.25) is 4.57 Å². The van der Waals surface area contributed by atoms with Crippen LogP contribution in [0.4, 0.5) is 0 Å². The number of nitrogens with zero attached hydrogens (tertiary/aromatic N) is 1. The Morgan fingerprint density at radius 2 is 1.94 bits per heavy atom. The van der Waals surface area contributed by atoms with Crippen LogP contribution >= 0.6 is 19.2 Å². The lowest BCUT2D eigenvalue weighted by molar-refractivity contribution is 0.229. The van der Waals surface area contributed by atoms with E-state index in [1.807, 2.05) is 0 Å². The summed E-state index contributed by atoms with van der Waals surface area (Å²) in [5, 5.41) is 0. The van der Waals surface area contributed by atoms with E-state index in [9.17, 15) is 4.57 Å². The van der Waals surface area contributed by atoms with Crippen molar-refractivity contribution in [1.29, 1.82) is 0 Å². The molecule has 6 heteroatoms. The first-order valence-corrected chi connectivity index (χ1v) is 7.15. The molecule has 0 aliphatic heterocycles. The van der Waals surface area contributed by atoms with E-state index in [2.05, 4.69) is 4.98 Å². The van der Waals surface area contributed by atoms with Gasteiger partial charge in [0.05, 0.1) is 24.8 Å². The number of pyridine rings is 1. The molecular formula is C10H15ClNO3P. The first kappa shape index (κ1) is 13.7. The normalized spacial score (nSPS) is 11.7. The van der Waals surface area contributed by atoms with E-state index in [1.54, 1.807) is 32.0 Å². The van der Waals surface area contributed by atoms with Gasteiger partial charge in [-0.25, -0.2) is 4.98 Å². The van der Waals surface area contributed by atoms with Gasteiger partial charge in [-0.2, -0.15) is 0 Å². The third kappa shape index (κ3) is 3.29. The van der Waals surface area contributed by atoms with Crippen LogP contribution in [0.2, 0.25) is 0 Å². The average molecular weight is 264 g/mol. The van der Waals surface area contributed by atoms with Crippen LogP contribution in [0.15, 0.2) is 18.2 Å². The highest BCUT2D eigenvalue weighted by atomic mass is 35.5. The quantitative estimate of drug-likeness (QED) is 0.585. The number of halogens is 1. The topological polar surface area (TPSA) is 48.4 Å². The Labute approximate surface area is 100 Å². The summed E-state index contributed by atoms with van der Waals surface area (Å²) in [5.41, 5.74) is 0.966. The van der Waals surface area contributed by atoms with Crippen LogP contribution in [0.3, 0.4) is 0 Å². The van der Waals surface area contributed by atoms with Crippen LogP contribution in [0, 0.1) is 0 Å². The molecule has 0 aliphatic rings. The van der Waals surface area contributed by atoms with E-state index >= 15 is 0 Å². The molecule has 0 saturated carbocycles. The summed E-state index contributed by atoms with van der Waals surface area (Å²) in [7, 11) is -3.28. The second-order valence-electron chi connectivity index (χ2n) is 2.95. The third-order valence-electron chi connectivity index (χ3n) is 1.81. The first-order chi connectivity index (χ1) is 7.66. The SMILES string of the molecule is CCOP(=O)(OCC)c1cccc(CCl)n1. The van der Waals surface area contributed by atoms with Gasteiger partial charge in [0.15, 0.2) is 5.44 Å². The van der Waals surface area contributed by atoms with Gasteiger partial charge in [0.25, 0.3) is 0 Å². The van der Waals surface area contributed by atoms with Gasteiger partial charge in [-0.1, -0.05) is 6.07 Å². The lowest BCUT2D eigenvalue weighted by atomic mass is 10.4. The molecule has 0 saturated heterocycles. The van der Waals surface area contributed by atoms with Crippen molar-refractivity contribution in [2.75, 3.05) is 13.2 Å². The number of alkyl halides is 1. The van der Waals surface area contributed by atoms with Gasteiger partial charge < -0.3 is 9.05 Å². The number of rotatable bonds is 6. The van der Waals surface area contributed by atoms with Crippen LogP contribution in [0.25, 0.3) is 0 Å². The number of hydrogen-bond acceptors (Lipinski definition) is 4. The van der Waals surface area contributed by atoms with Crippen LogP contribution in [-0.2, 0) is 19.5 Å². The van der Waals surface area contributed by atoms with E-state index < -0.39 is 7.60 Å². The maximum absolute atomic E-state index is 12.3.